The zero-order valence-electron chi connectivity index (χ0n) is 23.7. The Hall–Kier alpha value is -2.46. The van der Waals surface area contributed by atoms with Gasteiger partial charge in [0.2, 0.25) is 10.0 Å². The maximum Gasteiger partial charge on any atom is 0.243 e. The van der Waals surface area contributed by atoms with Gasteiger partial charge in [0.1, 0.15) is 12.4 Å². The molecule has 210 valence electrons. The number of carbonyl (C=O) groups is 1. The zero-order chi connectivity index (χ0) is 27.9. The van der Waals surface area contributed by atoms with Crippen molar-refractivity contribution in [1.29, 1.82) is 0 Å². The number of ketones is 1. The summed E-state index contributed by atoms with van der Waals surface area (Å²) in [5.41, 5.74) is 3.62. The van der Waals surface area contributed by atoms with Gasteiger partial charge in [0.25, 0.3) is 0 Å². The van der Waals surface area contributed by atoms with Crippen LogP contribution in [0.5, 0.6) is 5.75 Å². The summed E-state index contributed by atoms with van der Waals surface area (Å²) < 4.78 is 38.2. The molecule has 0 spiro atoms. The van der Waals surface area contributed by atoms with Crippen molar-refractivity contribution in [3.63, 3.8) is 0 Å². The number of methoxy groups -OCH3 is 1. The Morgan fingerprint density at radius 3 is 2.18 bits per heavy atom. The maximum atomic E-state index is 13.1. The summed E-state index contributed by atoms with van der Waals surface area (Å²) in [5, 5.41) is 0. The molecule has 3 rings (SSSR count). The second kappa shape index (κ2) is 13.6. The third kappa shape index (κ3) is 7.79. The molecule has 1 saturated heterocycles. The standard InChI is InChI=1S/C29H43N3O5S/c1-22-19-28(36-6)20-23(2)29(22)38(34,35)31(5)17-18-37-21-27(33)12-9-24-7-10-26(11-8-24)32-15-13-25(14-16-32)30(3)4/h7-8,10-11,19-20,25H,9,12-18,21H2,1-6H3. The van der Waals surface area contributed by atoms with Crippen molar-refractivity contribution in [3.8, 4) is 5.75 Å². The maximum absolute atomic E-state index is 13.1. The predicted molar refractivity (Wildman–Crippen MR) is 152 cm³/mol. The van der Waals surface area contributed by atoms with E-state index >= 15 is 0 Å². The lowest BCUT2D eigenvalue weighted by Gasteiger charge is -2.36. The molecule has 2 aromatic carbocycles. The van der Waals surface area contributed by atoms with Crippen LogP contribution in [0.2, 0.25) is 0 Å². The van der Waals surface area contributed by atoms with Crippen LogP contribution in [-0.4, -0.2) is 90.5 Å². The normalized spacial score (nSPS) is 14.9. The van der Waals surface area contributed by atoms with Gasteiger partial charge in [-0.2, -0.15) is 4.31 Å². The molecule has 0 bridgehead atoms. The van der Waals surface area contributed by atoms with E-state index in [1.807, 2.05) is 0 Å². The average molecular weight is 546 g/mol. The molecule has 0 amide bonds. The van der Waals surface area contributed by atoms with E-state index in [1.165, 1.54) is 29.9 Å². The minimum absolute atomic E-state index is 0.00666. The minimum Gasteiger partial charge on any atom is -0.497 e. The van der Waals surface area contributed by atoms with Gasteiger partial charge in [-0.05, 0) is 88.2 Å². The van der Waals surface area contributed by atoms with Gasteiger partial charge in [0, 0.05) is 44.8 Å². The van der Waals surface area contributed by atoms with E-state index in [-0.39, 0.29) is 30.4 Å². The third-order valence-electron chi connectivity index (χ3n) is 7.34. The van der Waals surface area contributed by atoms with Gasteiger partial charge in [-0.3, -0.25) is 4.79 Å². The molecule has 1 fully saturated rings. The number of nitrogens with zero attached hydrogens (tertiary/aromatic N) is 3. The van der Waals surface area contributed by atoms with Crippen molar-refractivity contribution in [2.75, 3.05) is 66.0 Å². The van der Waals surface area contributed by atoms with Crippen LogP contribution < -0.4 is 9.64 Å². The first-order valence-electron chi connectivity index (χ1n) is 13.2. The van der Waals surface area contributed by atoms with Crippen molar-refractivity contribution < 1.29 is 22.7 Å². The first-order chi connectivity index (χ1) is 18.0. The van der Waals surface area contributed by atoms with Crippen LogP contribution >= 0.6 is 0 Å². The Kier molecular flexibility index (Phi) is 10.7. The van der Waals surface area contributed by atoms with E-state index in [2.05, 4.69) is 48.2 Å². The summed E-state index contributed by atoms with van der Waals surface area (Å²) in [7, 11) is 3.69. The van der Waals surface area contributed by atoms with Crippen LogP contribution in [0.15, 0.2) is 41.3 Å². The van der Waals surface area contributed by atoms with E-state index in [9.17, 15) is 13.2 Å². The second-order valence-corrected chi connectivity index (χ2v) is 12.3. The summed E-state index contributed by atoms with van der Waals surface area (Å²) in [6, 6.07) is 12.6. The number of ether oxygens (including phenoxy) is 2. The molecule has 2 aromatic rings. The monoisotopic (exact) mass is 545 g/mol. The number of hydrogen-bond acceptors (Lipinski definition) is 7. The molecule has 38 heavy (non-hydrogen) atoms. The van der Waals surface area contributed by atoms with E-state index in [0.29, 0.717) is 35.8 Å². The molecule has 9 heteroatoms. The molecular weight excluding hydrogens is 502 g/mol. The number of carbonyl (C=O) groups excluding carboxylic acids is 1. The van der Waals surface area contributed by atoms with Crippen LogP contribution in [0.1, 0.15) is 36.0 Å². The van der Waals surface area contributed by atoms with Crippen molar-refractivity contribution in [2.45, 2.75) is 50.5 Å². The first-order valence-corrected chi connectivity index (χ1v) is 14.7. The van der Waals surface area contributed by atoms with E-state index in [1.54, 1.807) is 33.1 Å². The third-order valence-corrected chi connectivity index (χ3v) is 9.50. The highest BCUT2D eigenvalue weighted by Gasteiger charge is 2.25. The number of likely N-dealkylation sites (N-methyl/N-ethyl adjacent to an activating group) is 1. The Morgan fingerprint density at radius 1 is 1.03 bits per heavy atom. The summed E-state index contributed by atoms with van der Waals surface area (Å²) >= 11 is 0. The number of aryl methyl sites for hydroxylation is 3. The molecule has 8 nitrogen and oxygen atoms in total. The number of Topliss-reactive ketones (excluding diaryl/α,β-unsaturated/α-hetero) is 1. The summed E-state index contributed by atoms with van der Waals surface area (Å²) in [5.74, 6) is 0.631. The predicted octanol–water partition coefficient (Wildman–Crippen LogP) is 3.68. The van der Waals surface area contributed by atoms with Crippen molar-refractivity contribution in [1.82, 2.24) is 9.21 Å². The highest BCUT2D eigenvalue weighted by Crippen LogP contribution is 2.27. The Labute approximate surface area is 228 Å². The number of piperidine rings is 1. The van der Waals surface area contributed by atoms with Gasteiger partial charge < -0.3 is 19.3 Å². The molecule has 1 aliphatic rings. The molecular formula is C29H43N3O5S. The second-order valence-electron chi connectivity index (χ2n) is 10.4. The molecule has 1 aliphatic heterocycles. The number of sulfonamides is 1. The molecule has 0 aromatic heterocycles. The summed E-state index contributed by atoms with van der Waals surface area (Å²) in [4.78, 5) is 17.4. The van der Waals surface area contributed by atoms with Crippen LogP contribution in [0.25, 0.3) is 0 Å². The van der Waals surface area contributed by atoms with Crippen LogP contribution in [-0.2, 0) is 26.0 Å². The van der Waals surface area contributed by atoms with Crippen LogP contribution in [0, 0.1) is 13.8 Å². The number of benzene rings is 2. The Bertz CT molecular complexity index is 1150. The average Bonchev–Trinajstić information content (AvgIpc) is 2.89. The quantitative estimate of drug-likeness (QED) is 0.355. The van der Waals surface area contributed by atoms with Gasteiger partial charge in [-0.1, -0.05) is 12.1 Å². The molecule has 0 radical (unpaired) electrons. The zero-order valence-corrected chi connectivity index (χ0v) is 24.5. The largest absolute Gasteiger partial charge is 0.497 e. The van der Waals surface area contributed by atoms with Crippen molar-refractivity contribution >= 4 is 21.5 Å². The summed E-state index contributed by atoms with van der Waals surface area (Å²) in [6.07, 6.45) is 3.40. The van der Waals surface area contributed by atoms with Gasteiger partial charge in [0.05, 0.1) is 18.6 Å². The molecule has 0 unspecified atom stereocenters. The molecule has 0 atom stereocenters. The smallest absolute Gasteiger partial charge is 0.243 e. The van der Waals surface area contributed by atoms with Gasteiger partial charge >= 0.3 is 0 Å². The van der Waals surface area contributed by atoms with Crippen molar-refractivity contribution in [3.05, 3.63) is 53.1 Å². The number of hydrogen-bond donors (Lipinski definition) is 0. The minimum atomic E-state index is -3.68. The molecule has 0 N–H and O–H groups in total. The number of rotatable bonds is 13. The first kappa shape index (κ1) is 30.1. The fraction of sp³-hybridized carbons (Fsp3) is 0.552. The van der Waals surface area contributed by atoms with Gasteiger partial charge in [0.15, 0.2) is 5.78 Å². The fourth-order valence-electron chi connectivity index (χ4n) is 4.96. The Morgan fingerprint density at radius 2 is 1.63 bits per heavy atom. The van der Waals surface area contributed by atoms with E-state index in [4.69, 9.17) is 9.47 Å². The topological polar surface area (TPSA) is 79.4 Å². The summed E-state index contributed by atoms with van der Waals surface area (Å²) in [6.45, 7) is 5.93. The van der Waals surface area contributed by atoms with E-state index in [0.717, 1.165) is 18.7 Å². The van der Waals surface area contributed by atoms with Gasteiger partial charge in [-0.25, -0.2) is 8.42 Å². The highest BCUT2D eigenvalue weighted by molar-refractivity contribution is 7.89. The number of anilines is 1. The molecule has 0 saturated carbocycles. The van der Waals surface area contributed by atoms with E-state index < -0.39 is 10.0 Å². The Balaban J connectivity index is 1.39. The van der Waals surface area contributed by atoms with Gasteiger partial charge in [-0.15, -0.1) is 0 Å². The lowest BCUT2D eigenvalue weighted by Crippen LogP contribution is -2.41. The molecule has 0 aliphatic carbocycles. The SMILES string of the molecule is COc1cc(C)c(S(=O)(=O)N(C)CCOCC(=O)CCc2ccc(N3CCC(N(C)C)CC3)cc2)c(C)c1. The fourth-order valence-corrected chi connectivity index (χ4v) is 6.52. The lowest BCUT2D eigenvalue weighted by molar-refractivity contribution is -0.123. The lowest BCUT2D eigenvalue weighted by atomic mass is 10.0. The highest BCUT2D eigenvalue weighted by atomic mass is 32.2. The van der Waals surface area contributed by atoms with Crippen molar-refractivity contribution in [2.24, 2.45) is 0 Å². The molecule has 1 heterocycles. The van der Waals surface area contributed by atoms with Crippen LogP contribution in [0.4, 0.5) is 5.69 Å². The van der Waals surface area contributed by atoms with Crippen LogP contribution in [0.3, 0.4) is 0 Å².